The lowest BCUT2D eigenvalue weighted by molar-refractivity contribution is -0.137. The van der Waals surface area contributed by atoms with E-state index in [4.69, 9.17) is 9.47 Å². The molecule has 1 saturated carbocycles. The molecule has 1 heterocycles. The summed E-state index contributed by atoms with van der Waals surface area (Å²) in [6.45, 7) is 3.38. The van der Waals surface area contributed by atoms with E-state index in [1.54, 1.807) is 6.07 Å². The topological polar surface area (TPSA) is 42.5 Å². The molecule has 3 unspecified atom stereocenters. The number of ether oxygens (including phenoxy) is 2. The molecular formula is C18H25F3N2O2. The molecule has 2 aliphatic rings. The van der Waals surface area contributed by atoms with Gasteiger partial charge in [0.25, 0.3) is 0 Å². The van der Waals surface area contributed by atoms with Crippen molar-refractivity contribution in [1.82, 2.24) is 10.6 Å². The molecule has 3 atom stereocenters. The van der Waals surface area contributed by atoms with E-state index in [1.165, 1.54) is 18.9 Å². The summed E-state index contributed by atoms with van der Waals surface area (Å²) in [4.78, 5) is 0. The highest BCUT2D eigenvalue weighted by molar-refractivity contribution is 5.30. The number of benzene rings is 1. The second kappa shape index (κ2) is 8.38. The van der Waals surface area contributed by atoms with Crippen molar-refractivity contribution in [1.29, 1.82) is 0 Å². The van der Waals surface area contributed by atoms with Crippen molar-refractivity contribution in [3.63, 3.8) is 0 Å². The molecule has 2 N–H and O–H groups in total. The van der Waals surface area contributed by atoms with Crippen molar-refractivity contribution in [3.8, 4) is 5.75 Å². The number of halogens is 3. The predicted octanol–water partition coefficient (Wildman–Crippen LogP) is 2.83. The van der Waals surface area contributed by atoms with Gasteiger partial charge in [-0.25, -0.2) is 0 Å². The fraction of sp³-hybridized carbons (Fsp3) is 0.667. The van der Waals surface area contributed by atoms with Crippen LogP contribution >= 0.6 is 0 Å². The first-order chi connectivity index (χ1) is 12.0. The van der Waals surface area contributed by atoms with Gasteiger partial charge in [-0.2, -0.15) is 13.2 Å². The Labute approximate surface area is 146 Å². The minimum atomic E-state index is -4.34. The molecule has 0 bridgehead atoms. The summed E-state index contributed by atoms with van der Waals surface area (Å²) in [5.74, 6) is 0.788. The van der Waals surface area contributed by atoms with Gasteiger partial charge in [0.1, 0.15) is 12.4 Å². The Morgan fingerprint density at radius 2 is 2.16 bits per heavy atom. The van der Waals surface area contributed by atoms with E-state index in [2.05, 4.69) is 10.6 Å². The van der Waals surface area contributed by atoms with Gasteiger partial charge in [-0.15, -0.1) is 0 Å². The van der Waals surface area contributed by atoms with E-state index in [1.807, 2.05) is 0 Å². The first kappa shape index (κ1) is 18.5. The third-order valence-corrected chi connectivity index (χ3v) is 4.98. The van der Waals surface area contributed by atoms with Crippen molar-refractivity contribution in [2.75, 3.05) is 32.9 Å². The van der Waals surface area contributed by atoms with Crippen LogP contribution in [0.3, 0.4) is 0 Å². The molecule has 0 radical (unpaired) electrons. The van der Waals surface area contributed by atoms with Crippen molar-refractivity contribution >= 4 is 0 Å². The quantitative estimate of drug-likeness (QED) is 0.768. The zero-order valence-electron chi connectivity index (χ0n) is 14.1. The molecule has 1 aromatic rings. The lowest BCUT2D eigenvalue weighted by atomic mass is 9.94. The minimum Gasteiger partial charge on any atom is -0.492 e. The van der Waals surface area contributed by atoms with Crippen LogP contribution in [0, 0.1) is 5.92 Å². The fourth-order valence-electron chi connectivity index (χ4n) is 3.76. The number of nitrogens with one attached hydrogen (secondary N) is 2. The van der Waals surface area contributed by atoms with Gasteiger partial charge in [0, 0.05) is 25.2 Å². The maximum absolute atomic E-state index is 12.7. The normalized spacial score (nSPS) is 27.4. The Kier molecular flexibility index (Phi) is 6.19. The Bertz CT molecular complexity index is 547. The van der Waals surface area contributed by atoms with Gasteiger partial charge < -0.3 is 20.1 Å². The second-order valence-electron chi connectivity index (χ2n) is 6.66. The summed E-state index contributed by atoms with van der Waals surface area (Å²) in [5.41, 5.74) is -0.683. The van der Waals surface area contributed by atoms with Crippen molar-refractivity contribution in [3.05, 3.63) is 29.8 Å². The molecule has 0 spiro atoms. The largest absolute Gasteiger partial charge is 0.492 e. The van der Waals surface area contributed by atoms with Gasteiger partial charge in [0.15, 0.2) is 0 Å². The summed E-state index contributed by atoms with van der Waals surface area (Å²) >= 11 is 0. The monoisotopic (exact) mass is 358 g/mol. The third kappa shape index (κ3) is 5.09. The average Bonchev–Trinajstić information content (AvgIpc) is 3.07. The number of alkyl halides is 3. The van der Waals surface area contributed by atoms with Crippen molar-refractivity contribution < 1.29 is 22.6 Å². The van der Waals surface area contributed by atoms with E-state index in [-0.39, 0.29) is 5.75 Å². The molecule has 7 heteroatoms. The molecule has 1 aliphatic heterocycles. The van der Waals surface area contributed by atoms with Crippen LogP contribution in [0.25, 0.3) is 0 Å². The number of rotatable bonds is 6. The first-order valence-corrected chi connectivity index (χ1v) is 8.88. The fourth-order valence-corrected chi connectivity index (χ4v) is 3.76. The van der Waals surface area contributed by atoms with Gasteiger partial charge in [0.2, 0.25) is 0 Å². The first-order valence-electron chi connectivity index (χ1n) is 8.88. The minimum absolute atomic E-state index is 0.252. The Morgan fingerprint density at radius 3 is 2.92 bits per heavy atom. The van der Waals surface area contributed by atoms with Crippen LogP contribution in [0.5, 0.6) is 5.75 Å². The highest BCUT2D eigenvalue weighted by Gasteiger charge is 2.34. The Hall–Kier alpha value is -1.31. The van der Waals surface area contributed by atoms with Crippen LogP contribution < -0.4 is 15.4 Å². The van der Waals surface area contributed by atoms with E-state index >= 15 is 0 Å². The van der Waals surface area contributed by atoms with E-state index in [9.17, 15) is 13.2 Å². The van der Waals surface area contributed by atoms with Gasteiger partial charge in [0.05, 0.1) is 18.8 Å². The van der Waals surface area contributed by atoms with Crippen molar-refractivity contribution in [2.45, 2.75) is 37.5 Å². The molecule has 4 nitrogen and oxygen atoms in total. The van der Waals surface area contributed by atoms with Gasteiger partial charge in [-0.05, 0) is 37.0 Å². The van der Waals surface area contributed by atoms with Crippen LogP contribution in [0.4, 0.5) is 13.2 Å². The zero-order chi connectivity index (χ0) is 17.7. The number of morpholine rings is 1. The standard InChI is InChI=1S/C18H25F3N2O2/c19-18(20,21)13-3-1-4-14(11-13)25-10-8-22-16-6-2-5-15(16)17-12-24-9-7-23-17/h1,3-4,11,15-17,22-23H,2,5-10,12H2. The highest BCUT2D eigenvalue weighted by atomic mass is 19.4. The molecule has 1 aliphatic carbocycles. The maximum Gasteiger partial charge on any atom is 0.416 e. The molecule has 0 amide bonds. The smallest absolute Gasteiger partial charge is 0.416 e. The molecule has 1 aromatic carbocycles. The lowest BCUT2D eigenvalue weighted by Crippen LogP contribution is -2.51. The van der Waals surface area contributed by atoms with Crippen LogP contribution in [0.15, 0.2) is 24.3 Å². The molecule has 1 saturated heterocycles. The predicted molar refractivity (Wildman–Crippen MR) is 88.7 cm³/mol. The Balaban J connectivity index is 1.43. The lowest BCUT2D eigenvalue weighted by Gasteiger charge is -2.33. The van der Waals surface area contributed by atoms with Gasteiger partial charge in [-0.3, -0.25) is 0 Å². The molecule has 140 valence electrons. The van der Waals surface area contributed by atoms with Crippen LogP contribution in [-0.2, 0) is 10.9 Å². The molecule has 0 aromatic heterocycles. The molecule has 25 heavy (non-hydrogen) atoms. The summed E-state index contributed by atoms with van der Waals surface area (Å²) in [6.07, 6.45) is -0.863. The zero-order valence-corrected chi connectivity index (χ0v) is 14.1. The summed E-state index contributed by atoms with van der Waals surface area (Å²) in [7, 11) is 0. The van der Waals surface area contributed by atoms with E-state index in [0.29, 0.717) is 31.2 Å². The highest BCUT2D eigenvalue weighted by Crippen LogP contribution is 2.31. The summed E-state index contributed by atoms with van der Waals surface area (Å²) < 4.78 is 49.1. The Morgan fingerprint density at radius 1 is 1.28 bits per heavy atom. The average molecular weight is 358 g/mol. The summed E-state index contributed by atoms with van der Waals surface area (Å²) in [6, 6.07) is 5.81. The van der Waals surface area contributed by atoms with Crippen LogP contribution in [0.2, 0.25) is 0 Å². The molecule has 3 rings (SSSR count). The number of hydrogen-bond donors (Lipinski definition) is 2. The second-order valence-corrected chi connectivity index (χ2v) is 6.66. The van der Waals surface area contributed by atoms with Crippen molar-refractivity contribution in [2.24, 2.45) is 5.92 Å². The van der Waals surface area contributed by atoms with Crippen LogP contribution in [0.1, 0.15) is 24.8 Å². The van der Waals surface area contributed by atoms with E-state index < -0.39 is 11.7 Å². The summed E-state index contributed by atoms with van der Waals surface area (Å²) in [5, 5.41) is 7.03. The molecule has 2 fully saturated rings. The maximum atomic E-state index is 12.7. The van der Waals surface area contributed by atoms with Gasteiger partial charge in [-0.1, -0.05) is 12.5 Å². The third-order valence-electron chi connectivity index (χ3n) is 4.98. The van der Waals surface area contributed by atoms with Crippen LogP contribution in [-0.4, -0.2) is 45.0 Å². The molecular weight excluding hydrogens is 333 g/mol. The number of hydrogen-bond acceptors (Lipinski definition) is 4. The van der Waals surface area contributed by atoms with E-state index in [0.717, 1.165) is 38.3 Å². The SMILES string of the molecule is FC(F)(F)c1cccc(OCCNC2CCCC2C2COCCN2)c1. The van der Waals surface area contributed by atoms with Gasteiger partial charge >= 0.3 is 6.18 Å².